The zero-order valence-corrected chi connectivity index (χ0v) is 11.5. The molecule has 0 saturated heterocycles. The standard InChI is InChI=1S/C17H11N3O2/c21-16(14-11-12-5-1-2-6-13(12)22-14)17-19-9-10-20(17)15-7-3-4-8-18-15/h1-11H. The van der Waals surface area contributed by atoms with E-state index in [-0.39, 0.29) is 17.4 Å². The van der Waals surface area contributed by atoms with Gasteiger partial charge in [0.25, 0.3) is 5.78 Å². The summed E-state index contributed by atoms with van der Waals surface area (Å²) < 4.78 is 7.27. The van der Waals surface area contributed by atoms with E-state index in [4.69, 9.17) is 4.42 Å². The summed E-state index contributed by atoms with van der Waals surface area (Å²) in [7, 11) is 0. The summed E-state index contributed by atoms with van der Waals surface area (Å²) in [5, 5.41) is 0.891. The number of imidazole rings is 1. The van der Waals surface area contributed by atoms with Crippen molar-refractivity contribution < 1.29 is 9.21 Å². The Labute approximate surface area is 125 Å². The Morgan fingerprint density at radius 3 is 2.68 bits per heavy atom. The van der Waals surface area contributed by atoms with Gasteiger partial charge in [0.2, 0.25) is 0 Å². The summed E-state index contributed by atoms with van der Waals surface area (Å²) >= 11 is 0. The summed E-state index contributed by atoms with van der Waals surface area (Å²) in [5.74, 6) is 0.911. The molecule has 106 valence electrons. The van der Waals surface area contributed by atoms with Crippen molar-refractivity contribution in [1.82, 2.24) is 14.5 Å². The minimum atomic E-state index is -0.271. The van der Waals surface area contributed by atoms with Gasteiger partial charge in [0.15, 0.2) is 11.6 Å². The number of benzene rings is 1. The average molecular weight is 289 g/mol. The van der Waals surface area contributed by atoms with Crippen molar-refractivity contribution in [3.63, 3.8) is 0 Å². The lowest BCUT2D eigenvalue weighted by atomic mass is 10.2. The Balaban J connectivity index is 1.79. The van der Waals surface area contributed by atoms with Gasteiger partial charge in [-0.25, -0.2) is 9.97 Å². The summed E-state index contributed by atoms with van der Waals surface area (Å²) in [5.41, 5.74) is 0.682. The Bertz CT molecular complexity index is 921. The van der Waals surface area contributed by atoms with Gasteiger partial charge in [-0.05, 0) is 24.3 Å². The molecule has 5 nitrogen and oxygen atoms in total. The zero-order valence-electron chi connectivity index (χ0n) is 11.5. The first kappa shape index (κ1) is 12.5. The maximum Gasteiger partial charge on any atom is 0.263 e. The quantitative estimate of drug-likeness (QED) is 0.543. The molecule has 0 spiro atoms. The largest absolute Gasteiger partial charge is 0.452 e. The van der Waals surface area contributed by atoms with Crippen LogP contribution in [0.4, 0.5) is 0 Å². The number of carbonyl (C=O) groups is 1. The average Bonchev–Trinajstić information content (AvgIpc) is 3.21. The van der Waals surface area contributed by atoms with Gasteiger partial charge in [-0.3, -0.25) is 9.36 Å². The molecule has 0 radical (unpaired) electrons. The van der Waals surface area contributed by atoms with Crippen molar-refractivity contribution in [1.29, 1.82) is 0 Å². The number of ketones is 1. The number of hydrogen-bond acceptors (Lipinski definition) is 4. The van der Waals surface area contributed by atoms with Gasteiger partial charge in [-0.15, -0.1) is 0 Å². The molecule has 5 heteroatoms. The molecule has 3 heterocycles. The van der Waals surface area contributed by atoms with Crippen LogP contribution in [0, 0.1) is 0 Å². The van der Waals surface area contributed by atoms with Crippen LogP contribution in [0.15, 0.2) is 71.5 Å². The van der Waals surface area contributed by atoms with Crippen molar-refractivity contribution in [2.24, 2.45) is 0 Å². The molecule has 0 aliphatic carbocycles. The van der Waals surface area contributed by atoms with Gasteiger partial charge in [0.1, 0.15) is 11.4 Å². The number of pyridine rings is 1. The smallest absolute Gasteiger partial charge is 0.263 e. The van der Waals surface area contributed by atoms with Crippen LogP contribution in [-0.4, -0.2) is 20.3 Å². The highest BCUT2D eigenvalue weighted by atomic mass is 16.3. The van der Waals surface area contributed by atoms with Gasteiger partial charge in [0.05, 0.1) is 0 Å². The monoisotopic (exact) mass is 289 g/mol. The molecule has 0 bridgehead atoms. The third-order valence-electron chi connectivity index (χ3n) is 3.39. The lowest BCUT2D eigenvalue weighted by molar-refractivity contribution is 0.1000. The molecule has 0 N–H and O–H groups in total. The number of rotatable bonds is 3. The van der Waals surface area contributed by atoms with Crippen LogP contribution in [0.25, 0.3) is 16.8 Å². The maximum atomic E-state index is 12.7. The van der Waals surface area contributed by atoms with E-state index in [0.717, 1.165) is 5.39 Å². The predicted molar refractivity (Wildman–Crippen MR) is 81.0 cm³/mol. The fourth-order valence-electron chi connectivity index (χ4n) is 2.36. The fraction of sp³-hybridized carbons (Fsp3) is 0. The molecule has 0 atom stereocenters. The minimum Gasteiger partial charge on any atom is -0.452 e. The van der Waals surface area contributed by atoms with Gasteiger partial charge in [-0.1, -0.05) is 24.3 Å². The van der Waals surface area contributed by atoms with E-state index in [1.54, 1.807) is 29.2 Å². The first-order valence-corrected chi connectivity index (χ1v) is 6.81. The van der Waals surface area contributed by atoms with Crippen LogP contribution in [0.3, 0.4) is 0 Å². The van der Waals surface area contributed by atoms with E-state index < -0.39 is 0 Å². The maximum absolute atomic E-state index is 12.7. The van der Waals surface area contributed by atoms with Crippen LogP contribution in [0.1, 0.15) is 16.4 Å². The molecular formula is C17H11N3O2. The molecule has 0 unspecified atom stereocenters. The Kier molecular flexibility index (Phi) is 2.83. The molecule has 4 aromatic rings. The Morgan fingerprint density at radius 1 is 1.00 bits per heavy atom. The van der Waals surface area contributed by atoms with E-state index in [0.29, 0.717) is 11.4 Å². The van der Waals surface area contributed by atoms with Gasteiger partial charge >= 0.3 is 0 Å². The summed E-state index contributed by atoms with van der Waals surface area (Å²) in [6.07, 6.45) is 4.95. The summed E-state index contributed by atoms with van der Waals surface area (Å²) in [6, 6.07) is 14.7. The Morgan fingerprint density at radius 2 is 1.86 bits per heavy atom. The molecule has 0 aliphatic rings. The van der Waals surface area contributed by atoms with Crippen molar-refractivity contribution in [3.8, 4) is 5.82 Å². The second-order valence-corrected chi connectivity index (χ2v) is 4.79. The second-order valence-electron chi connectivity index (χ2n) is 4.79. The number of aromatic nitrogens is 3. The minimum absolute atomic E-state index is 0.268. The number of nitrogens with zero attached hydrogens (tertiary/aromatic N) is 3. The van der Waals surface area contributed by atoms with Crippen molar-refractivity contribution >= 4 is 16.8 Å². The van der Waals surface area contributed by atoms with E-state index in [1.165, 1.54) is 0 Å². The first-order valence-electron chi connectivity index (χ1n) is 6.81. The van der Waals surface area contributed by atoms with E-state index in [2.05, 4.69) is 9.97 Å². The number of fused-ring (bicyclic) bond motifs is 1. The number of hydrogen-bond donors (Lipinski definition) is 0. The van der Waals surface area contributed by atoms with Crippen LogP contribution in [0.2, 0.25) is 0 Å². The summed E-state index contributed by atoms with van der Waals surface area (Å²) in [4.78, 5) is 21.1. The van der Waals surface area contributed by atoms with Gasteiger partial charge < -0.3 is 4.42 Å². The molecule has 0 amide bonds. The lowest BCUT2D eigenvalue weighted by Gasteiger charge is -2.04. The molecule has 22 heavy (non-hydrogen) atoms. The van der Waals surface area contributed by atoms with Gasteiger partial charge in [0, 0.05) is 24.0 Å². The fourth-order valence-corrected chi connectivity index (χ4v) is 2.36. The number of furan rings is 1. The lowest BCUT2D eigenvalue weighted by Crippen LogP contribution is -2.10. The SMILES string of the molecule is O=C(c1cc2ccccc2o1)c1nccn1-c1ccccn1. The molecular weight excluding hydrogens is 278 g/mol. The van der Waals surface area contributed by atoms with Crippen LogP contribution >= 0.6 is 0 Å². The summed E-state index contributed by atoms with van der Waals surface area (Å²) in [6.45, 7) is 0. The highest BCUT2D eigenvalue weighted by Gasteiger charge is 2.20. The number of carbonyl (C=O) groups excluding carboxylic acids is 1. The van der Waals surface area contributed by atoms with Crippen LogP contribution in [-0.2, 0) is 0 Å². The van der Waals surface area contributed by atoms with E-state index >= 15 is 0 Å². The molecule has 4 rings (SSSR count). The van der Waals surface area contributed by atoms with Crippen molar-refractivity contribution in [2.75, 3.05) is 0 Å². The molecule has 3 aromatic heterocycles. The number of para-hydroxylation sites is 1. The van der Waals surface area contributed by atoms with Crippen LogP contribution < -0.4 is 0 Å². The van der Waals surface area contributed by atoms with Gasteiger partial charge in [-0.2, -0.15) is 0 Å². The highest BCUT2D eigenvalue weighted by Crippen LogP contribution is 2.21. The first-order chi connectivity index (χ1) is 10.8. The highest BCUT2D eigenvalue weighted by molar-refractivity contribution is 6.07. The van der Waals surface area contributed by atoms with E-state index in [9.17, 15) is 4.79 Å². The third-order valence-corrected chi connectivity index (χ3v) is 3.39. The normalized spacial score (nSPS) is 10.9. The zero-order chi connectivity index (χ0) is 14.9. The van der Waals surface area contributed by atoms with E-state index in [1.807, 2.05) is 42.5 Å². The molecule has 1 aromatic carbocycles. The third kappa shape index (κ3) is 2.00. The molecule has 0 saturated carbocycles. The van der Waals surface area contributed by atoms with Crippen molar-refractivity contribution in [2.45, 2.75) is 0 Å². The van der Waals surface area contributed by atoms with Crippen LogP contribution in [0.5, 0.6) is 0 Å². The molecule has 0 aliphatic heterocycles. The van der Waals surface area contributed by atoms with Crippen molar-refractivity contribution in [3.05, 3.63) is 78.7 Å². The Hall–Kier alpha value is -3.21. The second kappa shape index (κ2) is 4.96. The topological polar surface area (TPSA) is 60.9 Å². The molecule has 0 fully saturated rings. The predicted octanol–water partition coefficient (Wildman–Crippen LogP) is 3.24.